The van der Waals surface area contributed by atoms with Crippen LogP contribution in [0.1, 0.15) is 67.1 Å². The lowest BCUT2D eigenvalue weighted by Crippen LogP contribution is -2.28. The van der Waals surface area contributed by atoms with Gasteiger partial charge in [-0.05, 0) is 62.1 Å². The fourth-order valence-electron chi connectivity index (χ4n) is 3.67. The topological polar surface area (TPSA) is 59.8 Å². The van der Waals surface area contributed by atoms with E-state index in [0.717, 1.165) is 17.4 Å². The Morgan fingerprint density at radius 3 is 2.81 bits per heavy atom. The summed E-state index contributed by atoms with van der Waals surface area (Å²) in [7, 11) is 1.99. The van der Waals surface area contributed by atoms with Gasteiger partial charge in [0.25, 0.3) is 0 Å². The summed E-state index contributed by atoms with van der Waals surface area (Å²) in [4.78, 5) is 12.4. The zero-order chi connectivity index (χ0) is 18.1. The van der Waals surface area contributed by atoms with Crippen LogP contribution in [0.2, 0.25) is 0 Å². The molecule has 1 amide bonds. The van der Waals surface area contributed by atoms with Crippen LogP contribution in [-0.4, -0.2) is 26.4 Å². The molecule has 0 bridgehead atoms. The van der Waals surface area contributed by atoms with Crippen LogP contribution in [0.25, 0.3) is 0 Å². The third-order valence-electron chi connectivity index (χ3n) is 5.39. The minimum absolute atomic E-state index is 0.0249. The van der Waals surface area contributed by atoms with Crippen molar-refractivity contribution >= 4 is 17.7 Å². The number of carbonyl (C=O) groups is 1. The van der Waals surface area contributed by atoms with E-state index in [4.69, 9.17) is 0 Å². The summed E-state index contributed by atoms with van der Waals surface area (Å²) in [6, 6.07) is 6.70. The van der Waals surface area contributed by atoms with Gasteiger partial charge in [-0.3, -0.25) is 4.79 Å². The van der Waals surface area contributed by atoms with E-state index in [-0.39, 0.29) is 11.9 Å². The van der Waals surface area contributed by atoms with Crippen molar-refractivity contribution < 1.29 is 4.79 Å². The van der Waals surface area contributed by atoms with Gasteiger partial charge < -0.3 is 9.88 Å². The van der Waals surface area contributed by atoms with Crippen molar-refractivity contribution in [1.29, 1.82) is 0 Å². The van der Waals surface area contributed by atoms with Gasteiger partial charge in [-0.1, -0.05) is 30.0 Å². The van der Waals surface area contributed by atoms with Gasteiger partial charge in [0.15, 0.2) is 5.16 Å². The molecule has 1 aromatic carbocycles. The standard InChI is InChI=1S/C20H26N4OS/c1-13(16-10-7-14-5-3-4-6-17(14)11-16)21-18(25)12-26-20-23-22-19(24(20)2)15-8-9-15/h7,10-11,13,15H,3-6,8-9,12H2,1-2H3,(H,21,25)/t13-/m0/s1. The van der Waals surface area contributed by atoms with Crippen LogP contribution in [0.4, 0.5) is 0 Å². The molecule has 2 aromatic rings. The second-order valence-corrected chi connectivity index (χ2v) is 8.43. The summed E-state index contributed by atoms with van der Waals surface area (Å²) >= 11 is 1.46. The number of benzene rings is 1. The van der Waals surface area contributed by atoms with Crippen LogP contribution < -0.4 is 5.32 Å². The average Bonchev–Trinajstić information content (AvgIpc) is 3.43. The number of amides is 1. The van der Waals surface area contributed by atoms with Crippen LogP contribution in [-0.2, 0) is 24.7 Å². The largest absolute Gasteiger partial charge is 0.349 e. The van der Waals surface area contributed by atoms with Gasteiger partial charge in [0.05, 0.1) is 11.8 Å². The Bertz CT molecular complexity index is 812. The number of hydrogen-bond donors (Lipinski definition) is 1. The lowest BCUT2D eigenvalue weighted by atomic mass is 9.89. The first-order chi connectivity index (χ1) is 12.6. The van der Waals surface area contributed by atoms with Crippen LogP contribution in [0.15, 0.2) is 23.4 Å². The zero-order valence-electron chi connectivity index (χ0n) is 15.5. The molecule has 1 atom stereocenters. The number of fused-ring (bicyclic) bond motifs is 1. The second kappa shape index (κ2) is 7.43. The lowest BCUT2D eigenvalue weighted by molar-refractivity contribution is -0.119. The number of rotatable bonds is 6. The quantitative estimate of drug-likeness (QED) is 0.790. The molecule has 1 saturated carbocycles. The van der Waals surface area contributed by atoms with Gasteiger partial charge in [-0.25, -0.2) is 0 Å². The Kier molecular flexibility index (Phi) is 5.02. The Morgan fingerprint density at radius 2 is 2.04 bits per heavy atom. The maximum absolute atomic E-state index is 12.4. The number of carbonyl (C=O) groups excluding carboxylic acids is 1. The summed E-state index contributed by atoms with van der Waals surface area (Å²) in [5, 5.41) is 12.4. The van der Waals surface area contributed by atoms with E-state index in [0.29, 0.717) is 11.7 Å². The molecule has 138 valence electrons. The van der Waals surface area contributed by atoms with Gasteiger partial charge in [-0.15, -0.1) is 10.2 Å². The Morgan fingerprint density at radius 1 is 1.27 bits per heavy atom. The highest BCUT2D eigenvalue weighted by Gasteiger charge is 2.29. The first kappa shape index (κ1) is 17.6. The molecule has 0 unspecified atom stereocenters. The number of aryl methyl sites for hydroxylation is 2. The van der Waals surface area contributed by atoms with Gasteiger partial charge in [-0.2, -0.15) is 0 Å². The molecular formula is C20H26N4OS. The summed E-state index contributed by atoms with van der Waals surface area (Å²) in [5.41, 5.74) is 4.12. The minimum atomic E-state index is 0.0249. The molecule has 0 aliphatic heterocycles. The van der Waals surface area contributed by atoms with Gasteiger partial charge >= 0.3 is 0 Å². The fourth-order valence-corrected chi connectivity index (χ4v) is 4.40. The smallest absolute Gasteiger partial charge is 0.230 e. The maximum atomic E-state index is 12.4. The monoisotopic (exact) mass is 370 g/mol. The highest BCUT2D eigenvalue weighted by atomic mass is 32.2. The van der Waals surface area contributed by atoms with Crippen molar-refractivity contribution in [3.63, 3.8) is 0 Å². The summed E-state index contributed by atoms with van der Waals surface area (Å²) in [6.07, 6.45) is 7.32. The molecule has 1 N–H and O–H groups in total. The number of nitrogens with one attached hydrogen (secondary N) is 1. The van der Waals surface area contributed by atoms with E-state index in [1.807, 2.05) is 11.6 Å². The molecule has 0 spiro atoms. The van der Waals surface area contributed by atoms with Crippen molar-refractivity contribution in [2.24, 2.45) is 7.05 Å². The predicted octanol–water partition coefficient (Wildman–Crippen LogP) is 3.54. The Labute approximate surface area is 159 Å². The van der Waals surface area contributed by atoms with E-state index >= 15 is 0 Å². The van der Waals surface area contributed by atoms with Crippen LogP contribution in [0.3, 0.4) is 0 Å². The summed E-state index contributed by atoms with van der Waals surface area (Å²) < 4.78 is 2.03. The molecule has 1 fully saturated rings. The van der Waals surface area contributed by atoms with Gasteiger partial charge in [0.2, 0.25) is 5.91 Å². The Balaban J connectivity index is 1.33. The SMILES string of the molecule is C[C@H](NC(=O)CSc1nnc(C2CC2)n1C)c1ccc2c(c1)CCCC2. The number of nitrogens with zero attached hydrogens (tertiary/aromatic N) is 3. The maximum Gasteiger partial charge on any atom is 0.230 e. The van der Waals surface area contributed by atoms with Crippen LogP contribution in [0, 0.1) is 0 Å². The molecule has 2 aliphatic carbocycles. The van der Waals surface area contributed by atoms with E-state index in [1.54, 1.807) is 0 Å². The van der Waals surface area contributed by atoms with Crippen molar-refractivity contribution in [3.05, 3.63) is 40.7 Å². The van der Waals surface area contributed by atoms with Gasteiger partial charge in [0, 0.05) is 13.0 Å². The molecular weight excluding hydrogens is 344 g/mol. The van der Waals surface area contributed by atoms with Crippen molar-refractivity contribution in [1.82, 2.24) is 20.1 Å². The number of aromatic nitrogens is 3. The fraction of sp³-hybridized carbons (Fsp3) is 0.550. The second-order valence-electron chi connectivity index (χ2n) is 7.49. The van der Waals surface area contributed by atoms with Crippen LogP contribution in [0.5, 0.6) is 0 Å². The Hall–Kier alpha value is -1.82. The minimum Gasteiger partial charge on any atom is -0.349 e. The molecule has 2 aliphatic rings. The highest BCUT2D eigenvalue weighted by molar-refractivity contribution is 7.99. The highest BCUT2D eigenvalue weighted by Crippen LogP contribution is 2.39. The van der Waals surface area contributed by atoms with Gasteiger partial charge in [0.1, 0.15) is 5.82 Å². The third-order valence-corrected chi connectivity index (χ3v) is 6.41. The van der Waals surface area contributed by atoms with Crippen LogP contribution >= 0.6 is 11.8 Å². The normalized spacial score (nSPS) is 17.6. The molecule has 1 heterocycles. The molecule has 26 heavy (non-hydrogen) atoms. The average molecular weight is 371 g/mol. The zero-order valence-corrected chi connectivity index (χ0v) is 16.3. The first-order valence-electron chi connectivity index (χ1n) is 9.55. The van der Waals surface area contributed by atoms with E-state index < -0.39 is 0 Å². The summed E-state index contributed by atoms with van der Waals surface area (Å²) in [5.74, 6) is 2.03. The molecule has 1 aromatic heterocycles. The molecule has 0 saturated heterocycles. The molecule has 4 rings (SSSR count). The van der Waals surface area contributed by atoms with E-state index in [1.165, 1.54) is 60.6 Å². The predicted molar refractivity (Wildman–Crippen MR) is 103 cm³/mol. The van der Waals surface area contributed by atoms with E-state index in [2.05, 4.69) is 40.6 Å². The number of thioether (sulfide) groups is 1. The molecule has 6 heteroatoms. The van der Waals surface area contributed by atoms with Crippen molar-refractivity contribution in [2.45, 2.75) is 62.6 Å². The lowest BCUT2D eigenvalue weighted by Gasteiger charge is -2.20. The number of hydrogen-bond acceptors (Lipinski definition) is 4. The van der Waals surface area contributed by atoms with Crippen molar-refractivity contribution in [3.8, 4) is 0 Å². The first-order valence-corrected chi connectivity index (χ1v) is 10.5. The molecule has 0 radical (unpaired) electrons. The van der Waals surface area contributed by atoms with E-state index in [9.17, 15) is 4.79 Å². The molecule has 5 nitrogen and oxygen atoms in total. The third kappa shape index (κ3) is 3.80. The summed E-state index contributed by atoms with van der Waals surface area (Å²) in [6.45, 7) is 2.06. The van der Waals surface area contributed by atoms with Crippen molar-refractivity contribution in [2.75, 3.05) is 5.75 Å².